The summed E-state index contributed by atoms with van der Waals surface area (Å²) in [6.45, 7) is 24.6. The molecule has 4 heterocycles. The summed E-state index contributed by atoms with van der Waals surface area (Å²) in [7, 11) is 4.46. The van der Waals surface area contributed by atoms with E-state index in [1.54, 1.807) is 0 Å². The van der Waals surface area contributed by atoms with E-state index in [-0.39, 0.29) is 45.8 Å². The number of hydrogen-bond acceptors (Lipinski definition) is 10. The van der Waals surface area contributed by atoms with Gasteiger partial charge in [0.15, 0.2) is 0 Å². The van der Waals surface area contributed by atoms with Crippen molar-refractivity contribution < 1.29 is 62.0 Å². The third kappa shape index (κ3) is 14.5. The van der Waals surface area contributed by atoms with Crippen molar-refractivity contribution in [1.29, 1.82) is 0 Å². The van der Waals surface area contributed by atoms with E-state index in [4.69, 9.17) is 29.8 Å². The summed E-state index contributed by atoms with van der Waals surface area (Å²) < 4.78 is 4.86. The standard InChI is InChI=1S/C50H76N8O2.C2H2O4.Cr.H2O/c1-49(2,3)41-31-37(17-11-23-55-27-15-29-57-25-13-21-53(7)47(55)57)45(59)39(33-41)35-51-43-19-9-10-20-44(43)52-36-40-34-42(50(4,5)6)32-38(46(40)60)18-12-24-56-28-16-30-58-26-14-22-54(8)48(56)58;3-1(4)2(5)6;;/h31-36,43-44H,9-30H2,1-8H3;(H,3,4)(H,5,6);;1H2/p+2. The molecule has 2 atom stereocenters. The van der Waals surface area contributed by atoms with Gasteiger partial charge in [-0.2, -0.15) is 0 Å². The first-order chi connectivity index (χ1) is 31.3. The van der Waals surface area contributed by atoms with Crippen molar-refractivity contribution in [2.24, 2.45) is 9.98 Å². The molecule has 2 aromatic carbocycles. The van der Waals surface area contributed by atoms with Crippen molar-refractivity contribution in [2.45, 2.75) is 142 Å². The molecule has 0 amide bonds. The molecule has 0 spiro atoms. The fraction of sp³-hybridized carbons (Fsp3) is 0.654. The largest absolute Gasteiger partial charge is 0.507 e. The number of aliphatic imine (C=N–C) groups is 2. The Labute approximate surface area is 416 Å². The SMILES string of the molecule is C[N+]1=C2N(CCCc3cc(C(C)(C)C)cc(C=NC4CCCCC4N=Cc4cc(C(C)(C)C)cc(CCCN5CCCN6CCC[N+](C)=C56)c4O)c3O)CCCN2CCC1.O.O=C(O)C(=O)O.[Cr]. The summed E-state index contributed by atoms with van der Waals surface area (Å²) in [5, 5.41) is 38.3. The van der Waals surface area contributed by atoms with Gasteiger partial charge in [-0.25, -0.2) is 9.59 Å². The van der Waals surface area contributed by atoms with Gasteiger partial charge in [-0.05, 0) is 83.7 Å². The van der Waals surface area contributed by atoms with E-state index >= 15 is 0 Å². The predicted molar refractivity (Wildman–Crippen MR) is 267 cm³/mol. The van der Waals surface area contributed by atoms with Gasteiger partial charge in [0.1, 0.15) is 11.5 Å². The molecule has 1 aliphatic carbocycles. The molecule has 0 bridgehead atoms. The van der Waals surface area contributed by atoms with Crippen molar-refractivity contribution in [3.8, 4) is 11.5 Å². The van der Waals surface area contributed by atoms with Crippen LogP contribution in [0.1, 0.15) is 139 Å². The van der Waals surface area contributed by atoms with Crippen LogP contribution in [0.4, 0.5) is 0 Å². The summed E-state index contributed by atoms with van der Waals surface area (Å²) in [6.07, 6.45) is 16.5. The number of aliphatic carboxylic acids is 2. The molecule has 2 saturated heterocycles. The van der Waals surface area contributed by atoms with Gasteiger partial charge < -0.3 is 25.9 Å². The molecule has 376 valence electrons. The van der Waals surface area contributed by atoms with Crippen molar-refractivity contribution in [3.05, 3.63) is 57.6 Å². The van der Waals surface area contributed by atoms with E-state index in [2.05, 4.69) is 109 Å². The number of aryl methyl sites for hydroxylation is 2. The second-order valence-corrected chi connectivity index (χ2v) is 21.2. The van der Waals surface area contributed by atoms with Crippen LogP contribution in [-0.4, -0.2) is 183 Å². The predicted octanol–water partition coefficient (Wildman–Crippen LogP) is 5.56. The fourth-order valence-corrected chi connectivity index (χ4v) is 10.3. The minimum Gasteiger partial charge on any atom is -0.507 e. The average Bonchev–Trinajstić information content (AvgIpc) is 3.26. The Kier molecular flexibility index (Phi) is 20.4. The topological polar surface area (TPSA) is 190 Å². The van der Waals surface area contributed by atoms with Crippen molar-refractivity contribution in [2.75, 3.05) is 79.5 Å². The number of carboxylic acid groups (broad SMARTS) is 2. The maximum Gasteiger partial charge on any atom is 0.414 e. The molecule has 7 rings (SSSR count). The molecule has 2 unspecified atom stereocenters. The van der Waals surface area contributed by atoms with Gasteiger partial charge in [0.25, 0.3) is 0 Å². The maximum absolute atomic E-state index is 11.7. The molecule has 1 saturated carbocycles. The first-order valence-corrected chi connectivity index (χ1v) is 24.7. The summed E-state index contributed by atoms with van der Waals surface area (Å²) in [4.78, 5) is 38.8. The van der Waals surface area contributed by atoms with E-state index in [1.807, 2.05) is 12.4 Å². The van der Waals surface area contributed by atoms with E-state index in [1.165, 1.54) is 48.7 Å². The van der Waals surface area contributed by atoms with E-state index in [9.17, 15) is 10.2 Å². The number of fused-ring (bicyclic) bond motifs is 2. The molecule has 5 aliphatic rings. The van der Waals surface area contributed by atoms with Gasteiger partial charge in [0.2, 0.25) is 0 Å². The molecule has 6 N–H and O–H groups in total. The van der Waals surface area contributed by atoms with E-state index in [0.29, 0.717) is 11.5 Å². The Morgan fingerprint density at radius 2 is 0.985 bits per heavy atom. The van der Waals surface area contributed by atoms with E-state index < -0.39 is 11.9 Å². The van der Waals surface area contributed by atoms with Crippen LogP contribution in [0.2, 0.25) is 0 Å². The van der Waals surface area contributed by atoms with Crippen molar-refractivity contribution in [3.63, 3.8) is 0 Å². The fourth-order valence-electron chi connectivity index (χ4n) is 10.3. The molecule has 3 fully saturated rings. The molecular weight excluding hydrogens is 901 g/mol. The van der Waals surface area contributed by atoms with Crippen LogP contribution in [-0.2, 0) is 50.6 Å². The molecule has 0 radical (unpaired) electrons. The van der Waals surface area contributed by atoms with Gasteiger partial charge in [-0.3, -0.25) is 38.7 Å². The smallest absolute Gasteiger partial charge is 0.414 e. The third-order valence-corrected chi connectivity index (χ3v) is 14.0. The molecule has 4 aliphatic heterocycles. The van der Waals surface area contributed by atoms with Crippen LogP contribution in [0.15, 0.2) is 34.3 Å². The molecular formula is C52H82CrN8O7+2. The van der Waals surface area contributed by atoms with Crippen LogP contribution >= 0.6 is 0 Å². The number of nitrogens with zero attached hydrogens (tertiary/aromatic N) is 8. The number of guanidine groups is 2. The second-order valence-electron chi connectivity index (χ2n) is 21.2. The van der Waals surface area contributed by atoms with E-state index in [0.717, 1.165) is 139 Å². The molecule has 16 heteroatoms. The van der Waals surface area contributed by atoms with Gasteiger partial charge in [0.05, 0.1) is 91.6 Å². The summed E-state index contributed by atoms with van der Waals surface area (Å²) in [6, 6.07) is 8.78. The van der Waals surface area contributed by atoms with Crippen LogP contribution < -0.4 is 0 Å². The van der Waals surface area contributed by atoms with Gasteiger partial charge in [-0.15, -0.1) is 0 Å². The normalized spacial score (nSPS) is 20.1. The number of aromatic hydroxyl groups is 2. The Bertz CT molecular complexity index is 2030. The Morgan fingerprint density at radius 1 is 0.618 bits per heavy atom. The molecule has 0 aromatic heterocycles. The zero-order valence-corrected chi connectivity index (χ0v) is 43.5. The third-order valence-electron chi connectivity index (χ3n) is 14.0. The molecule has 15 nitrogen and oxygen atoms in total. The Balaban J connectivity index is 0.00000118. The summed E-state index contributed by atoms with van der Waals surface area (Å²) in [5.41, 5.74) is 5.98. The summed E-state index contributed by atoms with van der Waals surface area (Å²) in [5.74, 6) is -0.138. The summed E-state index contributed by atoms with van der Waals surface area (Å²) >= 11 is 0. The number of phenols is 2. The maximum atomic E-state index is 11.7. The number of carbonyl (C=O) groups is 2. The monoisotopic (exact) mass is 983 g/mol. The minimum atomic E-state index is -1.82. The number of rotatable bonds is 12. The Morgan fingerprint density at radius 3 is 1.34 bits per heavy atom. The van der Waals surface area contributed by atoms with Crippen LogP contribution in [0.25, 0.3) is 0 Å². The van der Waals surface area contributed by atoms with Crippen molar-refractivity contribution in [1.82, 2.24) is 19.6 Å². The second kappa shape index (κ2) is 24.8. The Hall–Kier alpha value is -4.65. The first kappa shape index (κ1) is 55.9. The number of phenolic OH excluding ortho intramolecular Hbond substituents is 2. The zero-order chi connectivity index (χ0) is 47.8. The minimum absolute atomic E-state index is 0. The molecule has 68 heavy (non-hydrogen) atoms. The number of hydrogen-bond donors (Lipinski definition) is 4. The molecule has 2 aromatic rings. The number of benzene rings is 2. The van der Waals surface area contributed by atoms with Crippen LogP contribution in [0, 0.1) is 0 Å². The number of carboxylic acids is 2. The van der Waals surface area contributed by atoms with Gasteiger partial charge in [-0.1, -0.05) is 66.5 Å². The quantitative estimate of drug-likeness (QED) is 0.119. The van der Waals surface area contributed by atoms with Crippen LogP contribution in [0.3, 0.4) is 0 Å². The van der Waals surface area contributed by atoms with Crippen LogP contribution in [0.5, 0.6) is 11.5 Å². The first-order valence-electron chi connectivity index (χ1n) is 24.7. The van der Waals surface area contributed by atoms with Gasteiger partial charge in [0, 0.05) is 66.6 Å². The average molecular weight is 983 g/mol. The zero-order valence-electron chi connectivity index (χ0n) is 42.3. The van der Waals surface area contributed by atoms with Gasteiger partial charge >= 0.3 is 23.9 Å². The van der Waals surface area contributed by atoms with Crippen molar-refractivity contribution >= 4 is 36.3 Å².